The van der Waals surface area contributed by atoms with Gasteiger partial charge in [-0.1, -0.05) is 11.6 Å². The largest absolute Gasteiger partial charge is 0.419 e. The molecule has 1 aromatic carbocycles. The lowest BCUT2D eigenvalue weighted by Gasteiger charge is -2.10. The first-order valence-electron chi connectivity index (χ1n) is 6.26. The normalized spacial score (nSPS) is 15.3. The zero-order valence-electron chi connectivity index (χ0n) is 10.6. The summed E-state index contributed by atoms with van der Waals surface area (Å²) in [6.07, 6.45) is -2.87. The van der Waals surface area contributed by atoms with E-state index >= 15 is 0 Å². The van der Waals surface area contributed by atoms with Crippen molar-refractivity contribution in [3.63, 3.8) is 0 Å². The van der Waals surface area contributed by atoms with Crippen molar-refractivity contribution in [3.8, 4) is 11.3 Å². The number of aromatic nitrogens is 2. The molecule has 0 radical (unpaired) electrons. The fourth-order valence-electron chi connectivity index (χ4n) is 2.01. The van der Waals surface area contributed by atoms with Crippen molar-refractivity contribution in [3.05, 3.63) is 46.6 Å². The van der Waals surface area contributed by atoms with Crippen LogP contribution >= 0.6 is 11.6 Å². The lowest BCUT2D eigenvalue weighted by Crippen LogP contribution is -2.08. The highest BCUT2D eigenvalue weighted by molar-refractivity contribution is 6.29. The van der Waals surface area contributed by atoms with E-state index in [0.29, 0.717) is 5.82 Å². The fourth-order valence-corrected chi connectivity index (χ4v) is 2.20. The third kappa shape index (κ3) is 3.00. The zero-order chi connectivity index (χ0) is 15.2. The summed E-state index contributed by atoms with van der Waals surface area (Å²) in [5, 5.41) is 0.166. The van der Waals surface area contributed by atoms with Crippen molar-refractivity contribution < 1.29 is 17.6 Å². The zero-order valence-corrected chi connectivity index (χ0v) is 11.3. The minimum absolute atomic E-state index is 0.162. The van der Waals surface area contributed by atoms with Gasteiger partial charge in [-0.2, -0.15) is 13.2 Å². The molecule has 0 unspecified atom stereocenters. The molecule has 1 saturated carbocycles. The molecule has 7 heteroatoms. The second-order valence-corrected chi connectivity index (χ2v) is 5.29. The van der Waals surface area contributed by atoms with E-state index in [0.717, 1.165) is 25.0 Å². The minimum Gasteiger partial charge on any atom is -0.232 e. The van der Waals surface area contributed by atoms with E-state index in [1.807, 2.05) is 0 Å². The van der Waals surface area contributed by atoms with Crippen molar-refractivity contribution in [1.82, 2.24) is 9.97 Å². The first kappa shape index (κ1) is 14.3. The molecular weight excluding hydrogens is 308 g/mol. The van der Waals surface area contributed by atoms with E-state index in [9.17, 15) is 17.6 Å². The maximum Gasteiger partial charge on any atom is 0.419 e. The summed E-state index contributed by atoms with van der Waals surface area (Å²) in [7, 11) is 0. The van der Waals surface area contributed by atoms with Gasteiger partial charge in [-0.05, 0) is 31.0 Å². The molecule has 0 saturated heterocycles. The van der Waals surface area contributed by atoms with E-state index in [2.05, 4.69) is 9.97 Å². The van der Waals surface area contributed by atoms with Gasteiger partial charge in [-0.15, -0.1) is 0 Å². The molecule has 110 valence electrons. The Hall–Kier alpha value is -1.69. The van der Waals surface area contributed by atoms with E-state index < -0.39 is 17.6 Å². The first-order valence-corrected chi connectivity index (χ1v) is 6.64. The SMILES string of the molecule is Fc1ccc(-c2cc(Cl)nc(C3CC3)n2)cc1C(F)(F)F. The van der Waals surface area contributed by atoms with Gasteiger partial charge in [0, 0.05) is 17.5 Å². The van der Waals surface area contributed by atoms with Crippen molar-refractivity contribution in [2.75, 3.05) is 0 Å². The highest BCUT2D eigenvalue weighted by Gasteiger charge is 2.34. The summed E-state index contributed by atoms with van der Waals surface area (Å²) >= 11 is 5.89. The number of halogens is 5. The standard InChI is InChI=1S/C14H9ClF4N2/c15-12-6-11(20-13(21-12)7-1-2-7)8-3-4-10(16)9(5-8)14(17,18)19/h3-7H,1-2H2. The summed E-state index contributed by atoms with van der Waals surface area (Å²) in [6, 6.07) is 4.15. The lowest BCUT2D eigenvalue weighted by atomic mass is 10.1. The van der Waals surface area contributed by atoms with E-state index in [4.69, 9.17) is 11.6 Å². The quantitative estimate of drug-likeness (QED) is 0.585. The van der Waals surface area contributed by atoms with Gasteiger partial charge in [0.2, 0.25) is 0 Å². The number of benzene rings is 1. The van der Waals surface area contributed by atoms with Gasteiger partial charge in [0.1, 0.15) is 16.8 Å². The van der Waals surface area contributed by atoms with Gasteiger partial charge in [-0.25, -0.2) is 14.4 Å². The molecule has 2 aromatic rings. The highest BCUT2D eigenvalue weighted by atomic mass is 35.5. The second-order valence-electron chi connectivity index (χ2n) is 4.90. The third-order valence-electron chi connectivity index (χ3n) is 3.22. The van der Waals surface area contributed by atoms with Crippen LogP contribution in [0, 0.1) is 5.82 Å². The first-order chi connectivity index (χ1) is 9.84. The number of hydrogen-bond acceptors (Lipinski definition) is 2. The average Bonchev–Trinajstić information content (AvgIpc) is 3.21. The molecule has 0 spiro atoms. The van der Waals surface area contributed by atoms with Gasteiger partial charge in [-0.3, -0.25) is 0 Å². The summed E-state index contributed by atoms with van der Waals surface area (Å²) in [6.45, 7) is 0. The molecule has 3 rings (SSSR count). The van der Waals surface area contributed by atoms with Gasteiger partial charge in [0.05, 0.1) is 11.3 Å². The molecular formula is C14H9ClF4N2. The van der Waals surface area contributed by atoms with Crippen molar-refractivity contribution in [1.29, 1.82) is 0 Å². The second kappa shape index (κ2) is 4.94. The van der Waals surface area contributed by atoms with Crippen LogP contribution in [0.3, 0.4) is 0 Å². The molecule has 1 aromatic heterocycles. The molecule has 0 aliphatic heterocycles. The predicted molar refractivity (Wildman–Crippen MR) is 69.4 cm³/mol. The molecule has 0 N–H and O–H groups in total. The molecule has 1 fully saturated rings. The van der Waals surface area contributed by atoms with Crippen molar-refractivity contribution in [2.45, 2.75) is 24.9 Å². The summed E-state index contributed by atoms with van der Waals surface area (Å²) < 4.78 is 51.5. The molecule has 1 aliphatic rings. The van der Waals surface area contributed by atoms with Crippen LogP contribution in [0.5, 0.6) is 0 Å². The highest BCUT2D eigenvalue weighted by Crippen LogP contribution is 2.39. The number of hydrogen-bond donors (Lipinski definition) is 0. The van der Waals surface area contributed by atoms with Gasteiger partial charge in [0.15, 0.2) is 0 Å². The van der Waals surface area contributed by atoms with E-state index in [1.165, 1.54) is 12.1 Å². The molecule has 1 heterocycles. The van der Waals surface area contributed by atoms with Crippen LogP contribution in [0.2, 0.25) is 5.15 Å². The van der Waals surface area contributed by atoms with Crippen LogP contribution in [0.1, 0.15) is 30.1 Å². The lowest BCUT2D eigenvalue weighted by molar-refractivity contribution is -0.139. The van der Waals surface area contributed by atoms with Crippen LogP contribution in [-0.4, -0.2) is 9.97 Å². The third-order valence-corrected chi connectivity index (χ3v) is 3.42. The van der Waals surface area contributed by atoms with Gasteiger partial charge < -0.3 is 0 Å². The molecule has 21 heavy (non-hydrogen) atoms. The maximum atomic E-state index is 13.3. The van der Waals surface area contributed by atoms with Crippen molar-refractivity contribution >= 4 is 11.6 Å². The Balaban J connectivity index is 2.08. The number of nitrogens with zero attached hydrogens (tertiary/aromatic N) is 2. The number of rotatable bonds is 2. The molecule has 1 aliphatic carbocycles. The van der Waals surface area contributed by atoms with Crippen LogP contribution in [0.15, 0.2) is 24.3 Å². The molecule has 0 atom stereocenters. The molecule has 2 nitrogen and oxygen atoms in total. The Bertz CT molecular complexity index is 696. The Morgan fingerprint density at radius 1 is 1.10 bits per heavy atom. The predicted octanol–water partition coefficient (Wildman–Crippen LogP) is 4.83. The van der Waals surface area contributed by atoms with Crippen LogP contribution in [0.4, 0.5) is 17.6 Å². The average molecular weight is 317 g/mol. The van der Waals surface area contributed by atoms with E-state index in [-0.39, 0.29) is 22.3 Å². The Morgan fingerprint density at radius 3 is 2.43 bits per heavy atom. The minimum atomic E-state index is -4.75. The number of alkyl halides is 3. The maximum absolute atomic E-state index is 13.3. The monoisotopic (exact) mass is 316 g/mol. The van der Waals surface area contributed by atoms with Crippen molar-refractivity contribution in [2.24, 2.45) is 0 Å². The Morgan fingerprint density at radius 2 is 1.81 bits per heavy atom. The molecule has 0 amide bonds. The van der Waals surface area contributed by atoms with Crippen LogP contribution in [-0.2, 0) is 6.18 Å². The summed E-state index contributed by atoms with van der Waals surface area (Å²) in [4.78, 5) is 8.30. The summed E-state index contributed by atoms with van der Waals surface area (Å²) in [5.41, 5.74) is -0.889. The topological polar surface area (TPSA) is 25.8 Å². The fraction of sp³-hybridized carbons (Fsp3) is 0.286. The smallest absolute Gasteiger partial charge is 0.232 e. The van der Waals surface area contributed by atoms with Crippen LogP contribution in [0.25, 0.3) is 11.3 Å². The van der Waals surface area contributed by atoms with Gasteiger partial charge in [0.25, 0.3) is 0 Å². The van der Waals surface area contributed by atoms with Crippen LogP contribution < -0.4 is 0 Å². The van der Waals surface area contributed by atoms with Gasteiger partial charge >= 0.3 is 6.18 Å². The Kier molecular flexibility index (Phi) is 3.36. The molecule has 0 bridgehead atoms. The Labute approximate surface area is 122 Å². The summed E-state index contributed by atoms with van der Waals surface area (Å²) in [5.74, 6) is -0.575. The van der Waals surface area contributed by atoms with E-state index in [1.54, 1.807) is 0 Å².